The number of aromatic nitrogens is 2. The van der Waals surface area contributed by atoms with Gasteiger partial charge in [-0.15, -0.1) is 0 Å². The van der Waals surface area contributed by atoms with Gasteiger partial charge in [-0.3, -0.25) is 0 Å². The molecule has 2 rings (SSSR count). The highest BCUT2D eigenvalue weighted by atomic mass is 16.5. The van der Waals surface area contributed by atoms with Crippen molar-refractivity contribution in [3.63, 3.8) is 0 Å². The molecule has 0 saturated heterocycles. The summed E-state index contributed by atoms with van der Waals surface area (Å²) in [6.07, 6.45) is 7.99. The van der Waals surface area contributed by atoms with Crippen molar-refractivity contribution < 1.29 is 4.52 Å². The predicted octanol–water partition coefficient (Wildman–Crippen LogP) is 2.41. The van der Waals surface area contributed by atoms with Gasteiger partial charge in [0.05, 0.1) is 0 Å². The van der Waals surface area contributed by atoms with E-state index in [1.54, 1.807) is 0 Å². The summed E-state index contributed by atoms with van der Waals surface area (Å²) in [6, 6.07) is 0. The summed E-state index contributed by atoms with van der Waals surface area (Å²) in [6.45, 7) is 8.21. The van der Waals surface area contributed by atoms with Crippen LogP contribution in [0.15, 0.2) is 4.52 Å². The highest BCUT2D eigenvalue weighted by Gasteiger charge is 2.32. The van der Waals surface area contributed by atoms with Crippen LogP contribution in [0, 0.1) is 5.41 Å². The zero-order chi connectivity index (χ0) is 15.1. The summed E-state index contributed by atoms with van der Waals surface area (Å²) in [5, 5.41) is 4.13. The molecule has 1 aromatic rings. The molecule has 120 valence electrons. The Hall–Kier alpha value is -0.940. The Bertz CT molecular complexity index is 408. The Morgan fingerprint density at radius 3 is 2.52 bits per heavy atom. The van der Waals surface area contributed by atoms with Gasteiger partial charge < -0.3 is 15.2 Å². The summed E-state index contributed by atoms with van der Waals surface area (Å²) in [5.41, 5.74) is 6.23. The average molecular weight is 294 g/mol. The van der Waals surface area contributed by atoms with E-state index in [0.29, 0.717) is 0 Å². The van der Waals surface area contributed by atoms with Crippen LogP contribution in [0.5, 0.6) is 0 Å². The van der Waals surface area contributed by atoms with Gasteiger partial charge in [0.2, 0.25) is 5.89 Å². The molecule has 1 saturated carbocycles. The van der Waals surface area contributed by atoms with Crippen molar-refractivity contribution in [1.82, 2.24) is 15.0 Å². The third-order valence-corrected chi connectivity index (χ3v) is 4.93. The topological polar surface area (TPSA) is 68.2 Å². The lowest BCUT2D eigenvalue weighted by Gasteiger charge is -2.34. The summed E-state index contributed by atoms with van der Waals surface area (Å²) in [4.78, 5) is 6.95. The normalized spacial score (nSPS) is 18.3. The Balaban J connectivity index is 1.90. The van der Waals surface area contributed by atoms with E-state index in [0.717, 1.165) is 50.7 Å². The quantitative estimate of drug-likeness (QED) is 0.797. The van der Waals surface area contributed by atoms with Crippen LogP contribution in [-0.4, -0.2) is 41.2 Å². The molecule has 0 radical (unpaired) electrons. The minimum Gasteiger partial charge on any atom is -0.339 e. The molecule has 0 unspecified atom stereocenters. The molecule has 5 nitrogen and oxygen atoms in total. The van der Waals surface area contributed by atoms with E-state index < -0.39 is 0 Å². The van der Waals surface area contributed by atoms with Gasteiger partial charge in [0.15, 0.2) is 5.82 Å². The van der Waals surface area contributed by atoms with Crippen LogP contribution < -0.4 is 5.73 Å². The second-order valence-electron chi connectivity index (χ2n) is 6.32. The fourth-order valence-corrected chi connectivity index (χ4v) is 3.34. The van der Waals surface area contributed by atoms with Crippen LogP contribution in [0.4, 0.5) is 0 Å². The molecular weight excluding hydrogens is 264 g/mol. The molecule has 0 aliphatic heterocycles. The van der Waals surface area contributed by atoms with Gasteiger partial charge in [0.25, 0.3) is 0 Å². The monoisotopic (exact) mass is 294 g/mol. The number of nitrogens with zero attached hydrogens (tertiary/aromatic N) is 3. The van der Waals surface area contributed by atoms with Gasteiger partial charge in [0, 0.05) is 19.4 Å². The van der Waals surface area contributed by atoms with Crippen LogP contribution in [0.2, 0.25) is 0 Å². The third kappa shape index (κ3) is 4.51. The van der Waals surface area contributed by atoms with Crippen molar-refractivity contribution in [2.24, 2.45) is 11.1 Å². The van der Waals surface area contributed by atoms with E-state index in [1.165, 1.54) is 32.1 Å². The predicted molar refractivity (Wildman–Crippen MR) is 84.1 cm³/mol. The summed E-state index contributed by atoms with van der Waals surface area (Å²) < 4.78 is 5.46. The van der Waals surface area contributed by atoms with Gasteiger partial charge in [-0.25, -0.2) is 0 Å². The molecule has 1 fully saturated rings. The largest absolute Gasteiger partial charge is 0.339 e. The van der Waals surface area contributed by atoms with E-state index in [1.807, 2.05) is 0 Å². The van der Waals surface area contributed by atoms with Crippen LogP contribution in [0.3, 0.4) is 0 Å². The molecule has 0 amide bonds. The fourth-order valence-electron chi connectivity index (χ4n) is 3.34. The van der Waals surface area contributed by atoms with Crippen LogP contribution in [0.25, 0.3) is 0 Å². The first-order chi connectivity index (χ1) is 10.2. The molecular formula is C16H30N4O. The molecule has 2 N–H and O–H groups in total. The fraction of sp³-hybridized carbons (Fsp3) is 0.875. The Labute approximate surface area is 128 Å². The van der Waals surface area contributed by atoms with Crippen molar-refractivity contribution in [3.8, 4) is 0 Å². The number of hydrogen-bond acceptors (Lipinski definition) is 5. The Morgan fingerprint density at radius 1 is 1.19 bits per heavy atom. The number of nitrogens with two attached hydrogens (primary N) is 1. The maximum atomic E-state index is 6.03. The SMILES string of the molecule is CCN(CC)CCc1noc(CC2(CN)CCCCC2)n1. The van der Waals surface area contributed by atoms with Crippen LogP contribution >= 0.6 is 0 Å². The molecule has 1 heterocycles. The maximum Gasteiger partial charge on any atom is 0.227 e. The van der Waals surface area contributed by atoms with Crippen molar-refractivity contribution in [2.75, 3.05) is 26.2 Å². The third-order valence-electron chi connectivity index (χ3n) is 4.93. The highest BCUT2D eigenvalue weighted by Crippen LogP contribution is 2.37. The highest BCUT2D eigenvalue weighted by molar-refractivity contribution is 4.95. The molecule has 1 aromatic heterocycles. The lowest BCUT2D eigenvalue weighted by atomic mass is 9.72. The molecule has 1 aliphatic carbocycles. The second kappa shape index (κ2) is 7.90. The van der Waals surface area contributed by atoms with Crippen molar-refractivity contribution in [2.45, 2.75) is 58.8 Å². The van der Waals surface area contributed by atoms with E-state index in [4.69, 9.17) is 10.3 Å². The van der Waals surface area contributed by atoms with Gasteiger partial charge >= 0.3 is 0 Å². The number of likely N-dealkylation sites (N-methyl/N-ethyl adjacent to an activating group) is 1. The van der Waals surface area contributed by atoms with Crippen LogP contribution in [0.1, 0.15) is 57.7 Å². The lowest BCUT2D eigenvalue weighted by Crippen LogP contribution is -2.35. The Kier molecular flexibility index (Phi) is 6.18. The van der Waals surface area contributed by atoms with Gasteiger partial charge in [0.1, 0.15) is 0 Å². The molecule has 1 aliphatic rings. The minimum atomic E-state index is 0.195. The molecule has 21 heavy (non-hydrogen) atoms. The minimum absolute atomic E-state index is 0.195. The van der Waals surface area contributed by atoms with Gasteiger partial charge in [-0.1, -0.05) is 38.3 Å². The van der Waals surface area contributed by atoms with Crippen molar-refractivity contribution in [3.05, 3.63) is 11.7 Å². The Morgan fingerprint density at radius 2 is 1.90 bits per heavy atom. The summed E-state index contributed by atoms with van der Waals surface area (Å²) in [5.74, 6) is 1.61. The zero-order valence-corrected chi connectivity index (χ0v) is 13.6. The molecule has 0 atom stereocenters. The zero-order valence-electron chi connectivity index (χ0n) is 13.6. The molecule has 0 aromatic carbocycles. The van der Waals surface area contributed by atoms with Crippen molar-refractivity contribution in [1.29, 1.82) is 0 Å². The molecule has 0 spiro atoms. The van der Waals surface area contributed by atoms with Gasteiger partial charge in [-0.2, -0.15) is 4.98 Å². The smallest absolute Gasteiger partial charge is 0.227 e. The molecule has 0 bridgehead atoms. The average Bonchev–Trinajstić information content (AvgIpc) is 2.96. The summed E-state index contributed by atoms with van der Waals surface area (Å²) in [7, 11) is 0. The summed E-state index contributed by atoms with van der Waals surface area (Å²) >= 11 is 0. The van der Waals surface area contributed by atoms with E-state index >= 15 is 0 Å². The standard InChI is InChI=1S/C16H30N4O/c1-3-20(4-2)11-8-14-18-15(21-19-14)12-16(13-17)9-6-5-7-10-16/h3-13,17H2,1-2H3. The van der Waals surface area contributed by atoms with E-state index in [2.05, 4.69) is 28.9 Å². The first-order valence-electron chi connectivity index (χ1n) is 8.45. The first-order valence-corrected chi connectivity index (χ1v) is 8.45. The van der Waals surface area contributed by atoms with Gasteiger partial charge in [-0.05, 0) is 37.9 Å². The lowest BCUT2D eigenvalue weighted by molar-refractivity contribution is 0.177. The molecule has 5 heteroatoms. The van der Waals surface area contributed by atoms with Crippen molar-refractivity contribution >= 4 is 0 Å². The first kappa shape index (κ1) is 16.4. The second-order valence-corrected chi connectivity index (χ2v) is 6.32. The van der Waals surface area contributed by atoms with E-state index in [-0.39, 0.29) is 5.41 Å². The van der Waals surface area contributed by atoms with E-state index in [9.17, 15) is 0 Å². The van der Waals surface area contributed by atoms with Crippen LogP contribution in [-0.2, 0) is 12.8 Å². The number of hydrogen-bond donors (Lipinski definition) is 1. The maximum absolute atomic E-state index is 6.03. The number of rotatable bonds is 8.